The normalized spacial score (nSPS) is 17.7. The number of halogens is 1. The third kappa shape index (κ3) is 2.21. The molecule has 1 aromatic heterocycles. The molecule has 6 heteroatoms. The van der Waals surface area contributed by atoms with E-state index in [0.717, 1.165) is 11.3 Å². The Morgan fingerprint density at radius 1 is 1.48 bits per heavy atom. The first-order chi connectivity index (χ1) is 10.0. The van der Waals surface area contributed by atoms with E-state index in [2.05, 4.69) is 4.99 Å². The number of thiophene rings is 1. The molecule has 0 spiro atoms. The lowest BCUT2D eigenvalue weighted by Gasteiger charge is -2.16. The molecule has 0 amide bonds. The molecule has 4 nitrogen and oxygen atoms in total. The van der Waals surface area contributed by atoms with E-state index in [1.807, 2.05) is 0 Å². The van der Waals surface area contributed by atoms with Crippen LogP contribution in [0.15, 0.2) is 51.6 Å². The maximum Gasteiger partial charge on any atom is 0.207 e. The zero-order chi connectivity index (χ0) is 15.1. The Kier molecular flexibility index (Phi) is 3.25. The minimum Gasteiger partial charge on any atom is -0.505 e. The van der Waals surface area contributed by atoms with Crippen LogP contribution in [0.4, 0.5) is 4.39 Å². The summed E-state index contributed by atoms with van der Waals surface area (Å²) in [4.78, 5) is 17.2. The minimum atomic E-state index is -0.729. The van der Waals surface area contributed by atoms with Crippen molar-refractivity contribution in [2.24, 2.45) is 4.99 Å². The molecule has 2 heterocycles. The number of ether oxygens (including phenoxy) is 1. The average Bonchev–Trinajstić information content (AvgIpc) is 3.05. The Bertz CT molecular complexity index is 768. The van der Waals surface area contributed by atoms with Crippen LogP contribution in [-0.2, 0) is 0 Å². The molecule has 0 radical (unpaired) electrons. The largest absolute Gasteiger partial charge is 0.505 e. The quantitative estimate of drug-likeness (QED) is 0.865. The first kappa shape index (κ1) is 13.8. The van der Waals surface area contributed by atoms with Gasteiger partial charge in [0.15, 0.2) is 10.8 Å². The predicted octanol–water partition coefficient (Wildman–Crippen LogP) is 3.74. The number of hydrogen-bond donors (Lipinski definition) is 1. The molecule has 21 heavy (non-hydrogen) atoms. The van der Waals surface area contributed by atoms with Gasteiger partial charge in [0.1, 0.15) is 5.83 Å². The zero-order valence-corrected chi connectivity index (χ0v) is 12.3. The summed E-state index contributed by atoms with van der Waals surface area (Å²) in [5, 5.41) is 10.6. The highest BCUT2D eigenvalue weighted by Gasteiger charge is 2.33. The monoisotopic (exact) mass is 305 g/mol. The molecule has 0 atom stereocenters. The Labute approximate surface area is 124 Å². The van der Waals surface area contributed by atoms with Crippen molar-refractivity contribution in [1.29, 1.82) is 0 Å². The van der Waals surface area contributed by atoms with Crippen LogP contribution >= 0.6 is 11.3 Å². The number of hydrogen-bond acceptors (Lipinski definition) is 5. The van der Waals surface area contributed by atoms with Crippen LogP contribution in [0, 0.1) is 0 Å². The van der Waals surface area contributed by atoms with E-state index in [1.165, 1.54) is 7.11 Å². The number of fused-ring (bicyclic) bond motifs is 1. The number of allylic oxidation sites excluding steroid dienone is 5. The molecule has 1 aromatic rings. The number of rotatable bonds is 3. The smallest absolute Gasteiger partial charge is 0.207 e. The SMILES string of the molecule is COc1ccc(C(=O)C2=C3C=C(C)N=C3CC(F)=C2O)s1. The standard InChI is InChI=1S/C15H12FNO3S/c1-7-5-8-10(17-7)6-9(16)14(18)13(8)15(19)11-3-4-12(20-2)21-11/h3-5,18H,6H2,1-2H3. The van der Waals surface area contributed by atoms with Crippen molar-refractivity contribution in [3.05, 3.63) is 51.5 Å². The molecule has 0 fully saturated rings. The summed E-state index contributed by atoms with van der Waals surface area (Å²) >= 11 is 1.15. The van der Waals surface area contributed by atoms with Crippen molar-refractivity contribution in [3.8, 4) is 5.06 Å². The Hall–Kier alpha value is -2.21. The predicted molar refractivity (Wildman–Crippen MR) is 78.8 cm³/mol. The molecule has 0 saturated heterocycles. The molecule has 0 unspecified atom stereocenters. The molecule has 2 aliphatic rings. The fourth-order valence-corrected chi connectivity index (χ4v) is 3.11. The average molecular weight is 305 g/mol. The van der Waals surface area contributed by atoms with Crippen molar-refractivity contribution in [2.45, 2.75) is 13.3 Å². The summed E-state index contributed by atoms with van der Waals surface area (Å²) in [6.07, 6.45) is 1.61. The topological polar surface area (TPSA) is 58.9 Å². The molecule has 1 aliphatic heterocycles. The van der Waals surface area contributed by atoms with Crippen LogP contribution < -0.4 is 4.74 Å². The Balaban J connectivity index is 2.11. The van der Waals surface area contributed by atoms with Crippen molar-refractivity contribution in [2.75, 3.05) is 7.11 Å². The van der Waals surface area contributed by atoms with Gasteiger partial charge in [-0.05, 0) is 25.1 Å². The summed E-state index contributed by atoms with van der Waals surface area (Å²) in [6.45, 7) is 1.77. The molecule has 0 saturated carbocycles. The van der Waals surface area contributed by atoms with Crippen molar-refractivity contribution in [1.82, 2.24) is 0 Å². The second-order valence-electron chi connectivity index (χ2n) is 4.72. The molecular weight excluding hydrogens is 293 g/mol. The van der Waals surface area contributed by atoms with Gasteiger partial charge in [0.05, 0.1) is 23.3 Å². The number of carbonyl (C=O) groups excluding carboxylic acids is 1. The van der Waals surface area contributed by atoms with E-state index in [0.29, 0.717) is 26.9 Å². The van der Waals surface area contributed by atoms with Gasteiger partial charge in [0.25, 0.3) is 0 Å². The Morgan fingerprint density at radius 3 is 2.90 bits per heavy atom. The first-order valence-corrected chi connectivity index (χ1v) is 7.10. The van der Waals surface area contributed by atoms with Crippen molar-refractivity contribution in [3.63, 3.8) is 0 Å². The van der Waals surface area contributed by atoms with Crippen LogP contribution in [0.2, 0.25) is 0 Å². The van der Waals surface area contributed by atoms with Crippen molar-refractivity contribution >= 4 is 22.8 Å². The summed E-state index contributed by atoms with van der Waals surface area (Å²) in [7, 11) is 1.51. The second kappa shape index (κ2) is 4.96. The second-order valence-corrected chi connectivity index (χ2v) is 5.76. The highest BCUT2D eigenvalue weighted by Crippen LogP contribution is 2.36. The molecule has 1 aliphatic carbocycles. The van der Waals surface area contributed by atoms with Gasteiger partial charge in [-0.3, -0.25) is 9.79 Å². The van der Waals surface area contributed by atoms with Crippen LogP contribution in [0.25, 0.3) is 0 Å². The molecular formula is C15H12FNO3S. The van der Waals surface area contributed by atoms with E-state index in [-0.39, 0.29) is 12.0 Å². The summed E-state index contributed by atoms with van der Waals surface area (Å²) in [5.41, 5.74) is 1.65. The number of aliphatic hydroxyl groups excluding tert-OH is 1. The van der Waals surface area contributed by atoms with Gasteiger partial charge in [-0.1, -0.05) is 11.3 Å². The highest BCUT2D eigenvalue weighted by molar-refractivity contribution is 7.16. The van der Waals surface area contributed by atoms with Gasteiger partial charge in [-0.2, -0.15) is 0 Å². The number of ketones is 1. The summed E-state index contributed by atoms with van der Waals surface area (Å²) < 4.78 is 18.9. The van der Waals surface area contributed by atoms with Gasteiger partial charge in [0, 0.05) is 17.7 Å². The molecule has 1 N–H and O–H groups in total. The highest BCUT2D eigenvalue weighted by atomic mass is 32.1. The van der Waals surface area contributed by atoms with Gasteiger partial charge in [-0.15, -0.1) is 0 Å². The Morgan fingerprint density at radius 2 is 2.24 bits per heavy atom. The lowest BCUT2D eigenvalue weighted by molar-refractivity contribution is 0.103. The maximum atomic E-state index is 13.9. The third-order valence-corrected chi connectivity index (χ3v) is 4.34. The molecule has 0 bridgehead atoms. The molecule has 108 valence electrons. The number of methoxy groups -OCH3 is 1. The summed E-state index contributed by atoms with van der Waals surface area (Å²) in [6, 6.07) is 3.26. The number of carbonyl (C=O) groups is 1. The molecule has 0 aromatic carbocycles. The van der Waals surface area contributed by atoms with Crippen LogP contribution in [0.5, 0.6) is 5.06 Å². The van der Waals surface area contributed by atoms with Gasteiger partial charge in [0.2, 0.25) is 5.78 Å². The minimum absolute atomic E-state index is 0.0288. The lowest BCUT2D eigenvalue weighted by atomic mass is 9.91. The third-order valence-electron chi connectivity index (χ3n) is 3.29. The van der Waals surface area contributed by atoms with E-state index in [1.54, 1.807) is 25.1 Å². The maximum absolute atomic E-state index is 13.9. The number of Topliss-reactive ketones (excluding diaryl/α,β-unsaturated/α-hetero) is 1. The zero-order valence-electron chi connectivity index (χ0n) is 11.4. The van der Waals surface area contributed by atoms with Crippen molar-refractivity contribution < 1.29 is 19.0 Å². The van der Waals surface area contributed by atoms with Gasteiger partial charge >= 0.3 is 0 Å². The van der Waals surface area contributed by atoms with Gasteiger partial charge < -0.3 is 9.84 Å². The van der Waals surface area contributed by atoms with Crippen LogP contribution in [0.3, 0.4) is 0 Å². The fourth-order valence-electron chi connectivity index (χ4n) is 2.35. The van der Waals surface area contributed by atoms with E-state index in [4.69, 9.17) is 4.74 Å². The van der Waals surface area contributed by atoms with E-state index >= 15 is 0 Å². The lowest BCUT2D eigenvalue weighted by Crippen LogP contribution is -2.17. The van der Waals surface area contributed by atoms with Crippen LogP contribution in [0.1, 0.15) is 23.0 Å². The fraction of sp³-hybridized carbons (Fsp3) is 0.200. The van der Waals surface area contributed by atoms with Crippen LogP contribution in [-0.4, -0.2) is 23.7 Å². The van der Waals surface area contributed by atoms with Gasteiger partial charge in [-0.25, -0.2) is 4.39 Å². The van der Waals surface area contributed by atoms with E-state index in [9.17, 15) is 14.3 Å². The summed E-state index contributed by atoms with van der Waals surface area (Å²) in [5.74, 6) is -1.75. The van der Waals surface area contributed by atoms with E-state index < -0.39 is 17.4 Å². The number of nitrogens with zero attached hydrogens (tertiary/aromatic N) is 1. The number of aliphatic hydroxyl groups is 1. The molecule has 3 rings (SSSR count). The first-order valence-electron chi connectivity index (χ1n) is 6.28. The number of aliphatic imine (C=N–C) groups is 1.